The highest BCUT2D eigenvalue weighted by Crippen LogP contribution is 2.25. The fraction of sp³-hybridized carbons (Fsp3) is 0.0345. The molecule has 0 aliphatic rings. The van der Waals surface area contributed by atoms with Crippen LogP contribution in [0.1, 0.15) is 41.4 Å². The molecule has 0 spiro atoms. The minimum atomic E-state index is -1.41. The zero-order chi connectivity index (χ0) is 26.4. The van der Waals surface area contributed by atoms with Crippen LogP contribution in [0.2, 0.25) is 0 Å². The molecule has 0 heterocycles. The topological polar surface area (TPSA) is 121 Å². The van der Waals surface area contributed by atoms with Gasteiger partial charge in [-0.15, -0.1) is 11.8 Å². The number of carbonyl (C=O) groups excluding carboxylic acids is 2. The second-order valence-electron chi connectivity index (χ2n) is 8.01. The Hall–Kier alpha value is -4.69. The van der Waals surface area contributed by atoms with E-state index >= 15 is 0 Å². The number of carbonyl (C=O) groups is 4. The third kappa shape index (κ3) is 6.31. The Labute approximate surface area is 216 Å². The molecule has 37 heavy (non-hydrogen) atoms. The summed E-state index contributed by atoms with van der Waals surface area (Å²) in [6, 6.07) is 27.4. The number of amides is 1. The van der Waals surface area contributed by atoms with E-state index in [4.69, 9.17) is 5.11 Å². The quantitative estimate of drug-likeness (QED) is 0.187. The van der Waals surface area contributed by atoms with Gasteiger partial charge in [-0.25, -0.2) is 9.59 Å². The minimum absolute atomic E-state index is 0.0383. The largest absolute Gasteiger partial charge is 0.478 e. The van der Waals surface area contributed by atoms with E-state index in [1.165, 1.54) is 23.9 Å². The molecule has 0 unspecified atom stereocenters. The SMILES string of the molecule is O=C(O)c1ccc(C(=O)Nc2cccc(SCC(=O)c3ccc(-c4ccccc4)cc3)c2)c(C(=O)O)c1. The van der Waals surface area contributed by atoms with Gasteiger partial charge in [0.2, 0.25) is 0 Å². The Morgan fingerprint density at radius 3 is 2.00 bits per heavy atom. The number of benzene rings is 4. The van der Waals surface area contributed by atoms with E-state index in [0.717, 1.165) is 22.1 Å². The van der Waals surface area contributed by atoms with E-state index in [2.05, 4.69) is 5.32 Å². The molecular formula is C29H21NO6S. The lowest BCUT2D eigenvalue weighted by Crippen LogP contribution is -2.17. The predicted molar refractivity (Wildman–Crippen MR) is 142 cm³/mol. The number of aromatic carboxylic acids is 2. The number of hydrogen-bond donors (Lipinski definition) is 3. The van der Waals surface area contributed by atoms with Gasteiger partial charge in [-0.2, -0.15) is 0 Å². The van der Waals surface area contributed by atoms with Gasteiger partial charge >= 0.3 is 11.9 Å². The molecule has 0 aromatic heterocycles. The molecule has 4 rings (SSSR count). The van der Waals surface area contributed by atoms with E-state index in [9.17, 15) is 24.3 Å². The summed E-state index contributed by atoms with van der Waals surface area (Å²) in [5.41, 5.74) is 2.30. The molecule has 1 amide bonds. The van der Waals surface area contributed by atoms with Crippen molar-refractivity contribution in [2.24, 2.45) is 0 Å². The number of ketones is 1. The van der Waals surface area contributed by atoms with Crippen LogP contribution in [-0.4, -0.2) is 39.6 Å². The van der Waals surface area contributed by atoms with Crippen molar-refractivity contribution in [1.82, 2.24) is 0 Å². The van der Waals surface area contributed by atoms with Gasteiger partial charge in [0.05, 0.1) is 22.4 Å². The maximum absolute atomic E-state index is 12.7. The predicted octanol–water partition coefficient (Wildman–Crippen LogP) is 5.98. The van der Waals surface area contributed by atoms with E-state index in [-0.39, 0.29) is 22.7 Å². The average Bonchev–Trinajstić information content (AvgIpc) is 2.92. The summed E-state index contributed by atoms with van der Waals surface area (Å²) in [6.45, 7) is 0. The Morgan fingerprint density at radius 1 is 0.649 bits per heavy atom. The molecular weight excluding hydrogens is 490 g/mol. The van der Waals surface area contributed by atoms with Gasteiger partial charge in [0.1, 0.15) is 0 Å². The number of carboxylic acid groups (broad SMARTS) is 2. The van der Waals surface area contributed by atoms with Crippen LogP contribution in [-0.2, 0) is 0 Å². The van der Waals surface area contributed by atoms with Gasteiger partial charge in [-0.3, -0.25) is 9.59 Å². The second kappa shape index (κ2) is 11.4. The number of hydrogen-bond acceptors (Lipinski definition) is 5. The molecule has 0 fully saturated rings. The van der Waals surface area contributed by atoms with Crippen molar-refractivity contribution in [2.45, 2.75) is 4.90 Å². The summed E-state index contributed by atoms with van der Waals surface area (Å²) in [7, 11) is 0. The van der Waals surface area contributed by atoms with Gasteiger partial charge in [-0.05, 0) is 47.5 Å². The summed E-state index contributed by atoms with van der Waals surface area (Å²) in [4.78, 5) is 48.9. The highest BCUT2D eigenvalue weighted by Gasteiger charge is 2.19. The van der Waals surface area contributed by atoms with Crippen molar-refractivity contribution in [1.29, 1.82) is 0 Å². The zero-order valence-corrected chi connectivity index (χ0v) is 20.2. The Balaban J connectivity index is 1.41. The smallest absolute Gasteiger partial charge is 0.336 e. The van der Waals surface area contributed by atoms with E-state index in [1.807, 2.05) is 42.5 Å². The highest BCUT2D eigenvalue weighted by molar-refractivity contribution is 8.00. The first-order valence-electron chi connectivity index (χ1n) is 11.2. The first-order chi connectivity index (χ1) is 17.8. The lowest BCUT2D eigenvalue weighted by atomic mass is 10.0. The molecule has 4 aromatic rings. The Bertz CT molecular complexity index is 1480. The third-order valence-corrected chi connectivity index (χ3v) is 6.51. The lowest BCUT2D eigenvalue weighted by Gasteiger charge is -2.10. The molecule has 0 atom stereocenters. The number of Topliss-reactive ketones (excluding diaryl/α,β-unsaturated/α-hetero) is 1. The van der Waals surface area contributed by atoms with Crippen LogP contribution in [0.25, 0.3) is 11.1 Å². The third-order valence-electron chi connectivity index (χ3n) is 5.52. The van der Waals surface area contributed by atoms with Crippen LogP contribution < -0.4 is 5.32 Å². The molecule has 0 bridgehead atoms. The maximum atomic E-state index is 12.7. The molecule has 0 saturated carbocycles. The fourth-order valence-electron chi connectivity index (χ4n) is 3.63. The molecule has 0 aliphatic heterocycles. The van der Waals surface area contributed by atoms with Gasteiger partial charge in [0, 0.05) is 16.1 Å². The van der Waals surface area contributed by atoms with Crippen molar-refractivity contribution in [3.05, 3.63) is 119 Å². The summed E-state index contributed by atoms with van der Waals surface area (Å²) in [5, 5.41) is 21.1. The monoisotopic (exact) mass is 511 g/mol. The molecule has 0 radical (unpaired) electrons. The number of nitrogens with one attached hydrogen (secondary N) is 1. The first-order valence-corrected chi connectivity index (χ1v) is 12.1. The number of thioether (sulfide) groups is 1. The van der Waals surface area contributed by atoms with Gasteiger partial charge in [-0.1, -0.05) is 60.7 Å². The number of carboxylic acids is 2. The molecule has 184 valence electrons. The van der Waals surface area contributed by atoms with Crippen LogP contribution in [0.3, 0.4) is 0 Å². The summed E-state index contributed by atoms with van der Waals surface area (Å²) >= 11 is 1.31. The van der Waals surface area contributed by atoms with Crippen LogP contribution in [0.5, 0.6) is 0 Å². The van der Waals surface area contributed by atoms with Crippen molar-refractivity contribution < 1.29 is 29.4 Å². The molecule has 3 N–H and O–H groups in total. The summed E-state index contributed by atoms with van der Waals surface area (Å²) in [6.07, 6.45) is 0. The summed E-state index contributed by atoms with van der Waals surface area (Å²) < 4.78 is 0. The van der Waals surface area contributed by atoms with E-state index < -0.39 is 23.4 Å². The van der Waals surface area contributed by atoms with Crippen molar-refractivity contribution in [2.75, 3.05) is 11.1 Å². The number of anilines is 1. The molecule has 7 nitrogen and oxygen atoms in total. The standard InChI is InChI=1S/C29H21NO6S/c31-26(20-11-9-19(10-12-20)18-5-2-1-3-6-18)17-37-23-8-4-7-22(16-23)30-27(32)24-14-13-21(28(33)34)15-25(24)29(35)36/h1-16H,17H2,(H,30,32)(H,33,34)(H,35,36). The van der Waals surface area contributed by atoms with Crippen molar-refractivity contribution >= 4 is 41.1 Å². The first kappa shape index (κ1) is 25.4. The minimum Gasteiger partial charge on any atom is -0.478 e. The number of rotatable bonds is 9. The maximum Gasteiger partial charge on any atom is 0.336 e. The average molecular weight is 512 g/mol. The Kier molecular flexibility index (Phi) is 7.80. The molecule has 8 heteroatoms. The van der Waals surface area contributed by atoms with Crippen molar-refractivity contribution in [3.8, 4) is 11.1 Å². The summed E-state index contributed by atoms with van der Waals surface area (Å²) in [5.74, 6) is -3.23. The molecule has 4 aromatic carbocycles. The van der Waals surface area contributed by atoms with E-state index in [0.29, 0.717) is 11.3 Å². The molecule has 0 aliphatic carbocycles. The van der Waals surface area contributed by atoms with Crippen LogP contribution in [0.15, 0.2) is 102 Å². The normalized spacial score (nSPS) is 10.5. The van der Waals surface area contributed by atoms with Gasteiger partial charge < -0.3 is 15.5 Å². The van der Waals surface area contributed by atoms with Crippen molar-refractivity contribution in [3.63, 3.8) is 0 Å². The van der Waals surface area contributed by atoms with Crippen LogP contribution >= 0.6 is 11.8 Å². The highest BCUT2D eigenvalue weighted by atomic mass is 32.2. The van der Waals surface area contributed by atoms with E-state index in [1.54, 1.807) is 36.4 Å². The second-order valence-corrected chi connectivity index (χ2v) is 9.06. The van der Waals surface area contributed by atoms with Crippen LogP contribution in [0, 0.1) is 0 Å². The Morgan fingerprint density at radius 2 is 1.32 bits per heavy atom. The van der Waals surface area contributed by atoms with Gasteiger partial charge in [0.15, 0.2) is 5.78 Å². The zero-order valence-electron chi connectivity index (χ0n) is 19.4. The lowest BCUT2D eigenvalue weighted by molar-refractivity contribution is 0.0692. The molecule has 0 saturated heterocycles. The fourth-order valence-corrected chi connectivity index (χ4v) is 4.48. The van der Waals surface area contributed by atoms with Gasteiger partial charge in [0.25, 0.3) is 5.91 Å². The van der Waals surface area contributed by atoms with Crippen LogP contribution in [0.4, 0.5) is 5.69 Å².